The minimum Gasteiger partial charge on any atom is -0.494 e. The number of para-hydroxylation sites is 1. The van der Waals surface area contributed by atoms with E-state index in [0.29, 0.717) is 25.4 Å². The summed E-state index contributed by atoms with van der Waals surface area (Å²) in [4.78, 5) is 0. The molecule has 0 fully saturated rings. The smallest absolute Gasteiger partial charge is 0.146 e. The second-order valence-electron chi connectivity index (χ2n) is 4.29. The number of anilines is 2. The molecule has 4 heteroatoms. The van der Waals surface area contributed by atoms with Crippen molar-refractivity contribution in [2.24, 2.45) is 0 Å². The molecular formula is C16H19FN2O. The zero-order valence-electron chi connectivity index (χ0n) is 11.5. The maximum atomic E-state index is 13.4. The van der Waals surface area contributed by atoms with Crippen LogP contribution in [0, 0.1) is 5.82 Å². The third-order valence-corrected chi connectivity index (χ3v) is 2.79. The van der Waals surface area contributed by atoms with Gasteiger partial charge in [-0.05, 0) is 31.2 Å². The van der Waals surface area contributed by atoms with Crippen molar-refractivity contribution in [2.45, 2.75) is 6.92 Å². The van der Waals surface area contributed by atoms with Gasteiger partial charge in [-0.25, -0.2) is 4.39 Å². The first-order valence-electron chi connectivity index (χ1n) is 6.74. The maximum absolute atomic E-state index is 13.4. The highest BCUT2D eigenvalue weighted by atomic mass is 19.1. The van der Waals surface area contributed by atoms with Gasteiger partial charge in [-0.2, -0.15) is 0 Å². The minimum absolute atomic E-state index is 0.231. The standard InChI is InChI=1S/C16H19FN2O/c1-2-20-14-7-5-6-13(12-14)18-10-11-19-16-9-4-3-8-15(16)17/h3-9,12,18-19H,2,10-11H2,1H3. The first-order chi connectivity index (χ1) is 9.79. The topological polar surface area (TPSA) is 33.3 Å². The largest absolute Gasteiger partial charge is 0.494 e. The van der Waals surface area contributed by atoms with Crippen molar-refractivity contribution >= 4 is 11.4 Å². The summed E-state index contributed by atoms with van der Waals surface area (Å²) in [7, 11) is 0. The molecule has 0 saturated carbocycles. The molecule has 2 aromatic rings. The SMILES string of the molecule is CCOc1cccc(NCCNc2ccccc2F)c1. The van der Waals surface area contributed by atoms with Crippen LogP contribution in [-0.4, -0.2) is 19.7 Å². The summed E-state index contributed by atoms with van der Waals surface area (Å²) >= 11 is 0. The number of halogens is 1. The molecule has 0 heterocycles. The lowest BCUT2D eigenvalue weighted by atomic mass is 10.3. The second kappa shape index (κ2) is 7.38. The molecule has 2 aromatic carbocycles. The molecular weight excluding hydrogens is 255 g/mol. The Morgan fingerprint density at radius 3 is 2.60 bits per heavy atom. The van der Waals surface area contributed by atoms with Gasteiger partial charge in [0.15, 0.2) is 0 Å². The Balaban J connectivity index is 1.78. The molecule has 0 atom stereocenters. The van der Waals surface area contributed by atoms with E-state index in [2.05, 4.69) is 10.6 Å². The monoisotopic (exact) mass is 274 g/mol. The second-order valence-corrected chi connectivity index (χ2v) is 4.29. The number of benzene rings is 2. The summed E-state index contributed by atoms with van der Waals surface area (Å²) in [6.45, 7) is 3.94. The molecule has 106 valence electrons. The normalized spacial score (nSPS) is 10.1. The van der Waals surface area contributed by atoms with E-state index in [9.17, 15) is 4.39 Å². The highest BCUT2D eigenvalue weighted by Crippen LogP contribution is 2.17. The highest BCUT2D eigenvalue weighted by molar-refractivity contribution is 5.49. The van der Waals surface area contributed by atoms with Gasteiger partial charge in [0.25, 0.3) is 0 Å². The van der Waals surface area contributed by atoms with Gasteiger partial charge in [0.1, 0.15) is 11.6 Å². The molecule has 2 rings (SSSR count). The van der Waals surface area contributed by atoms with Crippen molar-refractivity contribution in [2.75, 3.05) is 30.3 Å². The van der Waals surface area contributed by atoms with Crippen LogP contribution in [0.25, 0.3) is 0 Å². The molecule has 0 aromatic heterocycles. The molecule has 20 heavy (non-hydrogen) atoms. The van der Waals surface area contributed by atoms with Gasteiger partial charge in [-0.15, -0.1) is 0 Å². The fourth-order valence-electron chi connectivity index (χ4n) is 1.87. The quantitative estimate of drug-likeness (QED) is 0.754. The zero-order valence-corrected chi connectivity index (χ0v) is 11.5. The molecule has 0 aliphatic carbocycles. The zero-order chi connectivity index (χ0) is 14.2. The highest BCUT2D eigenvalue weighted by Gasteiger charge is 1.99. The van der Waals surface area contributed by atoms with Gasteiger partial charge >= 0.3 is 0 Å². The Morgan fingerprint density at radius 2 is 1.80 bits per heavy atom. The van der Waals surface area contributed by atoms with Gasteiger partial charge < -0.3 is 15.4 Å². The Hall–Kier alpha value is -2.23. The predicted octanol–water partition coefficient (Wildman–Crippen LogP) is 3.75. The fraction of sp³-hybridized carbons (Fsp3) is 0.250. The van der Waals surface area contributed by atoms with Gasteiger partial charge in [0, 0.05) is 24.8 Å². The van der Waals surface area contributed by atoms with E-state index in [1.165, 1.54) is 6.07 Å². The van der Waals surface area contributed by atoms with Crippen LogP contribution >= 0.6 is 0 Å². The summed E-state index contributed by atoms with van der Waals surface area (Å²) in [6.07, 6.45) is 0. The fourth-order valence-corrected chi connectivity index (χ4v) is 1.87. The van der Waals surface area contributed by atoms with Crippen LogP contribution in [0.15, 0.2) is 48.5 Å². The number of nitrogens with one attached hydrogen (secondary N) is 2. The molecule has 0 radical (unpaired) electrons. The van der Waals surface area contributed by atoms with Crippen molar-refractivity contribution < 1.29 is 9.13 Å². The third kappa shape index (κ3) is 4.16. The molecule has 0 saturated heterocycles. The summed E-state index contributed by atoms with van der Waals surface area (Å²) in [5, 5.41) is 6.32. The lowest BCUT2D eigenvalue weighted by Crippen LogP contribution is -2.14. The lowest BCUT2D eigenvalue weighted by molar-refractivity contribution is 0.340. The van der Waals surface area contributed by atoms with Crippen molar-refractivity contribution in [3.63, 3.8) is 0 Å². The van der Waals surface area contributed by atoms with E-state index in [1.54, 1.807) is 12.1 Å². The Morgan fingerprint density at radius 1 is 1.00 bits per heavy atom. The van der Waals surface area contributed by atoms with Gasteiger partial charge in [-0.3, -0.25) is 0 Å². The Kier molecular flexibility index (Phi) is 5.24. The molecule has 0 aliphatic rings. The van der Waals surface area contributed by atoms with E-state index in [-0.39, 0.29) is 5.82 Å². The molecule has 0 aliphatic heterocycles. The van der Waals surface area contributed by atoms with Crippen LogP contribution in [0.4, 0.5) is 15.8 Å². The lowest BCUT2D eigenvalue weighted by Gasteiger charge is -2.10. The van der Waals surface area contributed by atoms with Crippen LogP contribution in [0.2, 0.25) is 0 Å². The van der Waals surface area contributed by atoms with Gasteiger partial charge in [0.05, 0.1) is 12.3 Å². The van der Waals surface area contributed by atoms with E-state index < -0.39 is 0 Å². The van der Waals surface area contributed by atoms with Crippen molar-refractivity contribution in [1.29, 1.82) is 0 Å². The molecule has 3 nitrogen and oxygen atoms in total. The number of hydrogen-bond donors (Lipinski definition) is 2. The van der Waals surface area contributed by atoms with Crippen LogP contribution in [-0.2, 0) is 0 Å². The Labute approximate surface area is 118 Å². The average Bonchev–Trinajstić information content (AvgIpc) is 2.46. The molecule has 0 unspecified atom stereocenters. The molecule has 0 amide bonds. The number of rotatable bonds is 7. The number of hydrogen-bond acceptors (Lipinski definition) is 3. The summed E-state index contributed by atoms with van der Waals surface area (Å²) in [6, 6.07) is 14.5. The van der Waals surface area contributed by atoms with E-state index in [0.717, 1.165) is 11.4 Å². The Bertz CT molecular complexity index is 546. The van der Waals surface area contributed by atoms with E-state index >= 15 is 0 Å². The van der Waals surface area contributed by atoms with Crippen LogP contribution in [0.1, 0.15) is 6.92 Å². The predicted molar refractivity (Wildman–Crippen MR) is 81.0 cm³/mol. The third-order valence-electron chi connectivity index (χ3n) is 2.79. The number of ether oxygens (including phenoxy) is 1. The summed E-state index contributed by atoms with van der Waals surface area (Å²) < 4.78 is 18.8. The minimum atomic E-state index is -0.231. The molecule has 0 spiro atoms. The first-order valence-corrected chi connectivity index (χ1v) is 6.74. The van der Waals surface area contributed by atoms with Crippen LogP contribution in [0.3, 0.4) is 0 Å². The molecule has 2 N–H and O–H groups in total. The average molecular weight is 274 g/mol. The van der Waals surface area contributed by atoms with Crippen molar-refractivity contribution in [3.05, 3.63) is 54.3 Å². The van der Waals surface area contributed by atoms with Crippen LogP contribution in [0.5, 0.6) is 5.75 Å². The van der Waals surface area contributed by atoms with Crippen LogP contribution < -0.4 is 15.4 Å². The van der Waals surface area contributed by atoms with Gasteiger partial charge in [0.2, 0.25) is 0 Å². The summed E-state index contributed by atoms with van der Waals surface area (Å²) in [5.41, 5.74) is 1.52. The van der Waals surface area contributed by atoms with E-state index in [1.807, 2.05) is 37.3 Å². The van der Waals surface area contributed by atoms with E-state index in [4.69, 9.17) is 4.74 Å². The summed E-state index contributed by atoms with van der Waals surface area (Å²) in [5.74, 6) is 0.616. The van der Waals surface area contributed by atoms with Gasteiger partial charge in [-0.1, -0.05) is 18.2 Å². The molecule has 0 bridgehead atoms. The maximum Gasteiger partial charge on any atom is 0.146 e. The van der Waals surface area contributed by atoms with Crippen molar-refractivity contribution in [3.8, 4) is 5.75 Å². The van der Waals surface area contributed by atoms with Crippen molar-refractivity contribution in [1.82, 2.24) is 0 Å². The first kappa shape index (κ1) is 14.2.